The van der Waals surface area contributed by atoms with E-state index in [1.807, 2.05) is 42.5 Å². The number of nitrogens with zero attached hydrogens (tertiary/aromatic N) is 1. The summed E-state index contributed by atoms with van der Waals surface area (Å²) in [6, 6.07) is 13.0. The second kappa shape index (κ2) is 10.1. The molecule has 1 aromatic heterocycles. The van der Waals surface area contributed by atoms with Gasteiger partial charge in [0.25, 0.3) is 0 Å². The first-order valence-corrected chi connectivity index (χ1v) is 13.0. The molecule has 2 aromatic carbocycles. The molecular formula is C26H28ClN3O4S. The molecule has 9 heteroatoms. The Morgan fingerprint density at radius 1 is 1.23 bits per heavy atom. The second-order valence-electron chi connectivity index (χ2n) is 8.96. The van der Waals surface area contributed by atoms with E-state index in [2.05, 4.69) is 22.5 Å². The molecule has 35 heavy (non-hydrogen) atoms. The lowest BCUT2D eigenvalue weighted by Gasteiger charge is -2.24. The van der Waals surface area contributed by atoms with E-state index in [9.17, 15) is 9.90 Å². The number of benzene rings is 2. The van der Waals surface area contributed by atoms with Crippen LogP contribution in [0.3, 0.4) is 0 Å². The van der Waals surface area contributed by atoms with E-state index in [-0.39, 0.29) is 31.4 Å². The normalized spacial score (nSPS) is 17.1. The molecule has 3 aromatic rings. The number of hydrogen-bond acceptors (Lipinski definition) is 7. The number of aromatic nitrogens is 1. The maximum absolute atomic E-state index is 13.3. The molecule has 2 aliphatic rings. The molecule has 1 aliphatic heterocycles. The van der Waals surface area contributed by atoms with Crippen LogP contribution in [0, 0.1) is 0 Å². The molecule has 7 nitrogen and oxygen atoms in total. The number of thiazole rings is 1. The molecule has 1 fully saturated rings. The topological polar surface area (TPSA) is 92.7 Å². The third-order valence-corrected chi connectivity index (χ3v) is 7.94. The Bertz CT molecular complexity index is 1210. The molecule has 5 rings (SSSR count). The van der Waals surface area contributed by atoms with Gasteiger partial charge in [-0.2, -0.15) is 0 Å². The number of halogens is 1. The molecule has 3 N–H and O–H groups in total. The van der Waals surface area contributed by atoms with Crippen molar-refractivity contribution in [3.05, 3.63) is 69.7 Å². The van der Waals surface area contributed by atoms with Crippen LogP contribution in [0.5, 0.6) is 11.5 Å². The first-order chi connectivity index (χ1) is 17.0. The van der Waals surface area contributed by atoms with E-state index in [0.717, 1.165) is 41.7 Å². The Balaban J connectivity index is 1.36. The third-order valence-electron chi connectivity index (χ3n) is 6.61. The van der Waals surface area contributed by atoms with Crippen molar-refractivity contribution in [2.24, 2.45) is 0 Å². The standard InChI is InChI=1S/C26H28ClN3O4S/c1-2-5-17(14-31)29-23(18-6-3-4-7-19(18)27)22-13-28-25(35-22)30-24(32)26(10-11-26)16-8-9-20-21(12-16)34-15-33-20/h3-4,6-9,12-13,17,23,29,31H,2,5,10-11,14-15H2,1H3,(H,28,30,32)/t17-,23?/m1/s1. The van der Waals surface area contributed by atoms with Gasteiger partial charge in [0.15, 0.2) is 16.6 Å². The summed E-state index contributed by atoms with van der Waals surface area (Å²) in [5.74, 6) is 1.31. The van der Waals surface area contributed by atoms with Crippen LogP contribution in [-0.2, 0) is 10.2 Å². The van der Waals surface area contributed by atoms with Crippen LogP contribution in [0.25, 0.3) is 0 Å². The summed E-state index contributed by atoms with van der Waals surface area (Å²) in [4.78, 5) is 18.7. The lowest BCUT2D eigenvalue weighted by Crippen LogP contribution is -2.36. The lowest BCUT2D eigenvalue weighted by molar-refractivity contribution is -0.118. The van der Waals surface area contributed by atoms with Crippen molar-refractivity contribution in [1.29, 1.82) is 0 Å². The van der Waals surface area contributed by atoms with Crippen molar-refractivity contribution >= 4 is 34.0 Å². The summed E-state index contributed by atoms with van der Waals surface area (Å²) in [7, 11) is 0. The first-order valence-electron chi connectivity index (χ1n) is 11.8. The van der Waals surface area contributed by atoms with Crippen LogP contribution >= 0.6 is 22.9 Å². The highest BCUT2D eigenvalue weighted by Crippen LogP contribution is 2.51. The van der Waals surface area contributed by atoms with Gasteiger partial charge in [0, 0.05) is 22.1 Å². The number of nitrogens with one attached hydrogen (secondary N) is 2. The van der Waals surface area contributed by atoms with Crippen molar-refractivity contribution in [3.63, 3.8) is 0 Å². The van der Waals surface area contributed by atoms with Crippen molar-refractivity contribution in [3.8, 4) is 11.5 Å². The van der Waals surface area contributed by atoms with Gasteiger partial charge in [-0.25, -0.2) is 4.98 Å². The predicted octanol–water partition coefficient (Wildman–Crippen LogP) is 5.04. The number of carbonyl (C=O) groups is 1. The van der Waals surface area contributed by atoms with Crippen LogP contribution in [0.2, 0.25) is 5.02 Å². The minimum atomic E-state index is -0.573. The Morgan fingerprint density at radius 2 is 2.03 bits per heavy atom. The zero-order valence-electron chi connectivity index (χ0n) is 19.4. The Morgan fingerprint density at radius 3 is 2.77 bits per heavy atom. The van der Waals surface area contributed by atoms with E-state index in [1.54, 1.807) is 6.20 Å². The van der Waals surface area contributed by atoms with Crippen LogP contribution < -0.4 is 20.1 Å². The minimum absolute atomic E-state index is 0.0231. The third kappa shape index (κ3) is 4.89. The van der Waals surface area contributed by atoms with Gasteiger partial charge in [-0.05, 0) is 48.6 Å². The smallest absolute Gasteiger partial charge is 0.236 e. The maximum Gasteiger partial charge on any atom is 0.236 e. The van der Waals surface area contributed by atoms with Gasteiger partial charge in [0.1, 0.15) is 0 Å². The Kier molecular flexibility index (Phi) is 6.98. The van der Waals surface area contributed by atoms with Crippen LogP contribution in [0.15, 0.2) is 48.7 Å². The zero-order valence-corrected chi connectivity index (χ0v) is 21.0. The zero-order chi connectivity index (χ0) is 24.4. The number of anilines is 1. The summed E-state index contributed by atoms with van der Waals surface area (Å²) in [5.41, 5.74) is 1.26. The molecule has 1 unspecified atom stereocenters. The summed E-state index contributed by atoms with van der Waals surface area (Å²) < 4.78 is 10.9. The van der Waals surface area contributed by atoms with Gasteiger partial charge >= 0.3 is 0 Å². The van der Waals surface area contributed by atoms with Crippen molar-refractivity contribution in [1.82, 2.24) is 10.3 Å². The molecule has 1 amide bonds. The van der Waals surface area contributed by atoms with Crippen molar-refractivity contribution in [2.45, 2.75) is 50.1 Å². The highest BCUT2D eigenvalue weighted by molar-refractivity contribution is 7.15. The Labute approximate surface area is 213 Å². The van der Waals surface area contributed by atoms with E-state index < -0.39 is 5.41 Å². The van der Waals surface area contributed by atoms with E-state index >= 15 is 0 Å². The number of carbonyl (C=O) groups excluding carboxylic acids is 1. The molecule has 1 saturated carbocycles. The molecule has 2 atom stereocenters. The van der Waals surface area contributed by atoms with Crippen LogP contribution in [-0.4, -0.2) is 35.4 Å². The first kappa shape index (κ1) is 24.1. The number of amides is 1. The molecule has 0 radical (unpaired) electrons. The average Bonchev–Trinajstić information content (AvgIpc) is 3.33. The van der Waals surface area contributed by atoms with Crippen LogP contribution in [0.1, 0.15) is 54.7 Å². The van der Waals surface area contributed by atoms with E-state index in [0.29, 0.717) is 21.7 Å². The summed E-state index contributed by atoms with van der Waals surface area (Å²) in [5, 5.41) is 17.6. The largest absolute Gasteiger partial charge is 0.454 e. The number of aliphatic hydroxyl groups is 1. The highest BCUT2D eigenvalue weighted by Gasteiger charge is 2.52. The van der Waals surface area contributed by atoms with E-state index in [4.69, 9.17) is 21.1 Å². The van der Waals surface area contributed by atoms with E-state index in [1.165, 1.54) is 11.3 Å². The van der Waals surface area contributed by atoms with Crippen LogP contribution in [0.4, 0.5) is 5.13 Å². The quantitative estimate of drug-likeness (QED) is 0.352. The number of aliphatic hydroxyl groups excluding tert-OH is 1. The van der Waals surface area contributed by atoms with Gasteiger partial charge in [-0.1, -0.05) is 60.5 Å². The van der Waals surface area contributed by atoms with Gasteiger partial charge in [-0.15, -0.1) is 0 Å². The van der Waals surface area contributed by atoms with Gasteiger partial charge in [0.05, 0.1) is 18.1 Å². The lowest BCUT2D eigenvalue weighted by atomic mass is 9.94. The van der Waals surface area contributed by atoms with Crippen molar-refractivity contribution in [2.75, 3.05) is 18.7 Å². The Hall–Kier alpha value is -2.65. The molecule has 184 valence electrons. The number of rotatable bonds is 10. The SMILES string of the molecule is CCC[C@H](CO)NC(c1cnc(NC(=O)C2(c3ccc4c(c3)OCO4)CC2)s1)c1ccccc1Cl. The number of hydrogen-bond donors (Lipinski definition) is 3. The summed E-state index contributed by atoms with van der Waals surface area (Å²) in [6.07, 6.45) is 5.09. The fourth-order valence-corrected chi connectivity index (χ4v) is 5.64. The van der Waals surface area contributed by atoms with Crippen molar-refractivity contribution < 1.29 is 19.4 Å². The maximum atomic E-state index is 13.3. The predicted molar refractivity (Wildman–Crippen MR) is 136 cm³/mol. The molecule has 0 saturated heterocycles. The number of fused-ring (bicyclic) bond motifs is 1. The minimum Gasteiger partial charge on any atom is -0.454 e. The van der Waals surface area contributed by atoms with Gasteiger partial charge < -0.3 is 25.2 Å². The fourth-order valence-electron chi connectivity index (χ4n) is 4.51. The second-order valence-corrected chi connectivity index (χ2v) is 10.4. The fraction of sp³-hybridized carbons (Fsp3) is 0.385. The molecule has 1 aliphatic carbocycles. The summed E-state index contributed by atoms with van der Waals surface area (Å²) in [6.45, 7) is 2.31. The van der Waals surface area contributed by atoms with Gasteiger partial charge in [0.2, 0.25) is 12.7 Å². The number of ether oxygens (including phenoxy) is 2. The molecule has 0 bridgehead atoms. The molecule has 2 heterocycles. The van der Waals surface area contributed by atoms with Gasteiger partial charge in [-0.3, -0.25) is 4.79 Å². The molecule has 0 spiro atoms. The monoisotopic (exact) mass is 513 g/mol. The average molecular weight is 514 g/mol. The molecular weight excluding hydrogens is 486 g/mol. The summed E-state index contributed by atoms with van der Waals surface area (Å²) >= 11 is 7.94. The highest BCUT2D eigenvalue weighted by atomic mass is 35.5.